The molecule has 0 spiro atoms. The fraction of sp³-hybridized carbons (Fsp3) is 0.308. The lowest BCUT2D eigenvalue weighted by atomic mass is 10.2. The molecule has 2 aromatic rings. The third-order valence-electron chi connectivity index (χ3n) is 2.69. The van der Waals surface area contributed by atoms with Crippen LogP contribution in [0.3, 0.4) is 0 Å². The Balaban J connectivity index is 1.93. The van der Waals surface area contributed by atoms with Gasteiger partial charge >= 0.3 is 0 Å². The van der Waals surface area contributed by atoms with Crippen LogP contribution in [-0.4, -0.2) is 33.9 Å². The predicted octanol–water partition coefficient (Wildman–Crippen LogP) is 1.04. The van der Waals surface area contributed by atoms with Crippen LogP contribution in [-0.2, 0) is 13.0 Å². The van der Waals surface area contributed by atoms with Gasteiger partial charge < -0.3 is 10.0 Å². The quantitative estimate of drug-likeness (QED) is 0.851. The van der Waals surface area contributed by atoms with Crippen molar-refractivity contribution in [3.8, 4) is 0 Å². The summed E-state index contributed by atoms with van der Waals surface area (Å²) in [5.41, 5.74) is 1.64. The Bertz CT molecular complexity index is 472. The Morgan fingerprint density at radius 1 is 1.11 bits per heavy atom. The van der Waals surface area contributed by atoms with Crippen molar-refractivity contribution in [3.05, 3.63) is 47.9 Å². The fourth-order valence-corrected chi connectivity index (χ4v) is 1.58. The zero-order valence-corrected chi connectivity index (χ0v) is 10.3. The molecule has 1 N–H and O–H groups in total. The summed E-state index contributed by atoms with van der Waals surface area (Å²) in [7, 11) is 1.96. The van der Waals surface area contributed by atoms with E-state index < -0.39 is 0 Å². The molecule has 0 amide bonds. The van der Waals surface area contributed by atoms with Gasteiger partial charge in [-0.25, -0.2) is 0 Å². The molecule has 0 unspecified atom stereocenters. The molecule has 94 valence electrons. The Morgan fingerprint density at radius 3 is 2.61 bits per heavy atom. The molecule has 18 heavy (non-hydrogen) atoms. The maximum Gasteiger partial charge on any atom is 0.150 e. The molecule has 0 aliphatic rings. The number of nitrogens with zero attached hydrogens (tertiary/aromatic N) is 4. The van der Waals surface area contributed by atoms with Crippen molar-refractivity contribution >= 4 is 5.82 Å². The minimum Gasteiger partial charge on any atom is -0.390 e. The zero-order chi connectivity index (χ0) is 12.8. The highest BCUT2D eigenvalue weighted by Gasteiger charge is 2.04. The molecule has 5 nitrogen and oxygen atoms in total. The minimum atomic E-state index is -0.0784. The number of rotatable bonds is 5. The smallest absolute Gasteiger partial charge is 0.150 e. The Morgan fingerprint density at radius 2 is 2.00 bits per heavy atom. The fourth-order valence-electron chi connectivity index (χ4n) is 1.58. The molecule has 0 aromatic carbocycles. The molecule has 0 radical (unpaired) electrons. The molecule has 0 aliphatic heterocycles. The van der Waals surface area contributed by atoms with Gasteiger partial charge in [-0.05, 0) is 24.3 Å². The van der Waals surface area contributed by atoms with Crippen molar-refractivity contribution < 1.29 is 5.11 Å². The highest BCUT2D eigenvalue weighted by atomic mass is 16.3. The van der Waals surface area contributed by atoms with Gasteiger partial charge in [0, 0.05) is 31.9 Å². The van der Waals surface area contributed by atoms with E-state index in [4.69, 9.17) is 5.11 Å². The van der Waals surface area contributed by atoms with Crippen LogP contribution < -0.4 is 4.90 Å². The number of hydrogen-bond donors (Lipinski definition) is 1. The minimum absolute atomic E-state index is 0.0784. The van der Waals surface area contributed by atoms with Gasteiger partial charge in [-0.1, -0.05) is 6.07 Å². The lowest BCUT2D eigenvalue weighted by molar-refractivity contribution is 0.275. The third kappa shape index (κ3) is 3.24. The first-order valence-corrected chi connectivity index (χ1v) is 5.84. The van der Waals surface area contributed by atoms with Crippen LogP contribution in [0.1, 0.15) is 11.4 Å². The van der Waals surface area contributed by atoms with E-state index >= 15 is 0 Å². The van der Waals surface area contributed by atoms with Crippen LogP contribution >= 0.6 is 0 Å². The summed E-state index contributed by atoms with van der Waals surface area (Å²) < 4.78 is 0. The molecule has 0 aliphatic carbocycles. The second kappa shape index (κ2) is 6.07. The average molecular weight is 244 g/mol. The molecule has 2 heterocycles. The molecule has 0 saturated carbocycles. The summed E-state index contributed by atoms with van der Waals surface area (Å²) in [5.74, 6) is 0.795. The van der Waals surface area contributed by atoms with E-state index in [1.807, 2.05) is 36.2 Å². The summed E-state index contributed by atoms with van der Waals surface area (Å²) >= 11 is 0. The summed E-state index contributed by atoms with van der Waals surface area (Å²) in [5, 5.41) is 16.9. The molecule has 2 aromatic heterocycles. The monoisotopic (exact) mass is 244 g/mol. The second-order valence-corrected chi connectivity index (χ2v) is 4.03. The maximum absolute atomic E-state index is 8.89. The Labute approximate surface area is 106 Å². The van der Waals surface area contributed by atoms with Gasteiger partial charge in [0.1, 0.15) is 0 Å². The normalized spacial score (nSPS) is 10.3. The predicted molar refractivity (Wildman–Crippen MR) is 69.2 cm³/mol. The number of pyridine rings is 1. The van der Waals surface area contributed by atoms with Crippen LogP contribution in [0.2, 0.25) is 0 Å². The first kappa shape index (κ1) is 12.4. The first-order valence-electron chi connectivity index (χ1n) is 5.84. The van der Waals surface area contributed by atoms with E-state index in [0.29, 0.717) is 5.69 Å². The van der Waals surface area contributed by atoms with E-state index in [0.717, 1.165) is 24.5 Å². The number of aromatic nitrogens is 3. The molecule has 0 bridgehead atoms. The third-order valence-corrected chi connectivity index (χ3v) is 2.69. The van der Waals surface area contributed by atoms with Crippen molar-refractivity contribution in [2.24, 2.45) is 0 Å². The first-order chi connectivity index (χ1) is 8.79. The van der Waals surface area contributed by atoms with Crippen molar-refractivity contribution in [1.82, 2.24) is 15.2 Å². The average Bonchev–Trinajstić information content (AvgIpc) is 2.46. The van der Waals surface area contributed by atoms with Gasteiger partial charge in [0.15, 0.2) is 5.82 Å². The van der Waals surface area contributed by atoms with Crippen molar-refractivity contribution in [3.63, 3.8) is 0 Å². The zero-order valence-electron chi connectivity index (χ0n) is 10.3. The number of aliphatic hydroxyl groups excluding tert-OH is 1. The maximum atomic E-state index is 8.89. The van der Waals surface area contributed by atoms with Gasteiger partial charge in [-0.3, -0.25) is 4.98 Å². The van der Waals surface area contributed by atoms with Crippen LogP contribution in [0.15, 0.2) is 36.5 Å². The van der Waals surface area contributed by atoms with Crippen LogP contribution in [0.5, 0.6) is 0 Å². The molecule has 0 atom stereocenters. The highest BCUT2D eigenvalue weighted by Crippen LogP contribution is 2.08. The molecular weight excluding hydrogens is 228 g/mol. The Hall–Kier alpha value is -2.01. The van der Waals surface area contributed by atoms with E-state index in [1.54, 1.807) is 12.3 Å². The second-order valence-electron chi connectivity index (χ2n) is 4.03. The molecule has 0 fully saturated rings. The van der Waals surface area contributed by atoms with Crippen molar-refractivity contribution in [1.29, 1.82) is 0 Å². The van der Waals surface area contributed by atoms with Crippen LogP contribution in [0, 0.1) is 0 Å². The molecule has 0 saturated heterocycles. The van der Waals surface area contributed by atoms with Crippen molar-refractivity contribution in [2.45, 2.75) is 13.0 Å². The van der Waals surface area contributed by atoms with Gasteiger partial charge in [0.25, 0.3) is 0 Å². The standard InChI is InChI=1S/C13H16N4O/c1-17(9-7-11-4-2-3-8-14-11)13-6-5-12(10-18)15-16-13/h2-6,8,18H,7,9-10H2,1H3. The number of aliphatic hydroxyl groups is 1. The van der Waals surface area contributed by atoms with Gasteiger partial charge in [-0.2, -0.15) is 5.10 Å². The SMILES string of the molecule is CN(CCc1ccccn1)c1ccc(CO)nn1. The van der Waals surface area contributed by atoms with Gasteiger partial charge in [-0.15, -0.1) is 5.10 Å². The number of likely N-dealkylation sites (N-methyl/N-ethyl adjacent to an activating group) is 1. The van der Waals surface area contributed by atoms with E-state index in [2.05, 4.69) is 15.2 Å². The van der Waals surface area contributed by atoms with Gasteiger partial charge in [0.2, 0.25) is 0 Å². The van der Waals surface area contributed by atoms with Crippen LogP contribution in [0.4, 0.5) is 5.82 Å². The molecule has 2 rings (SSSR count). The summed E-state index contributed by atoms with van der Waals surface area (Å²) in [6, 6.07) is 9.54. The van der Waals surface area contributed by atoms with E-state index in [-0.39, 0.29) is 6.61 Å². The topological polar surface area (TPSA) is 62.1 Å². The lowest BCUT2D eigenvalue weighted by Gasteiger charge is -2.17. The molecular formula is C13H16N4O. The summed E-state index contributed by atoms with van der Waals surface area (Å²) in [4.78, 5) is 6.29. The van der Waals surface area contributed by atoms with Crippen LogP contribution in [0.25, 0.3) is 0 Å². The van der Waals surface area contributed by atoms with E-state index in [9.17, 15) is 0 Å². The Kier molecular flexibility index (Phi) is 4.20. The largest absolute Gasteiger partial charge is 0.390 e. The highest BCUT2D eigenvalue weighted by molar-refractivity contribution is 5.36. The summed E-state index contributed by atoms with van der Waals surface area (Å²) in [6.45, 7) is 0.745. The molecule has 5 heteroatoms. The summed E-state index contributed by atoms with van der Waals surface area (Å²) in [6.07, 6.45) is 2.66. The number of hydrogen-bond acceptors (Lipinski definition) is 5. The van der Waals surface area contributed by atoms with Gasteiger partial charge in [0.05, 0.1) is 12.3 Å². The number of anilines is 1. The van der Waals surface area contributed by atoms with E-state index in [1.165, 1.54) is 0 Å². The lowest BCUT2D eigenvalue weighted by Crippen LogP contribution is -2.22. The van der Waals surface area contributed by atoms with Crippen molar-refractivity contribution in [2.75, 3.05) is 18.5 Å².